The summed E-state index contributed by atoms with van der Waals surface area (Å²) in [4.78, 5) is 15.1. The van der Waals surface area contributed by atoms with Gasteiger partial charge in [0.2, 0.25) is 0 Å². The molecule has 1 aromatic heterocycles. The minimum absolute atomic E-state index is 0.401. The van der Waals surface area contributed by atoms with Gasteiger partial charge in [-0.3, -0.25) is 0 Å². The van der Waals surface area contributed by atoms with Gasteiger partial charge in [-0.15, -0.1) is 0 Å². The number of pyridine rings is 1. The molecule has 15 heavy (non-hydrogen) atoms. The Morgan fingerprint density at radius 2 is 2.27 bits per heavy atom. The van der Waals surface area contributed by atoms with Crippen LogP contribution in [0, 0.1) is 0 Å². The molecule has 0 radical (unpaired) electrons. The maximum absolute atomic E-state index is 11.1. The van der Waals surface area contributed by atoms with Crippen LogP contribution in [0.15, 0.2) is 18.3 Å². The molecule has 1 rings (SSSR count). The zero-order valence-electron chi connectivity index (χ0n) is 8.40. The topological polar surface area (TPSA) is 63.2 Å². The molecule has 0 atom stereocenters. The van der Waals surface area contributed by atoms with Crippen molar-refractivity contribution in [2.45, 2.75) is 0 Å². The number of esters is 1. The van der Waals surface area contributed by atoms with E-state index in [1.54, 1.807) is 19.2 Å². The average molecular weight is 225 g/mol. The van der Waals surface area contributed by atoms with Crippen molar-refractivity contribution < 1.29 is 9.53 Å². The standard InChI is InChI=1S/C9H11N3O2S/c1-10-9(15)12-7-4-3-6(5-11-7)8(13)14-2/h3-5H,1-2H3,(H2,10,11,12,15). The molecule has 2 N–H and O–H groups in total. The highest BCUT2D eigenvalue weighted by molar-refractivity contribution is 7.80. The normalized spacial score (nSPS) is 9.20. The van der Waals surface area contributed by atoms with E-state index in [1.165, 1.54) is 13.3 Å². The van der Waals surface area contributed by atoms with Crippen LogP contribution in [0.5, 0.6) is 0 Å². The van der Waals surface area contributed by atoms with Crippen LogP contribution in [0.1, 0.15) is 10.4 Å². The number of aromatic nitrogens is 1. The largest absolute Gasteiger partial charge is 0.465 e. The molecular weight excluding hydrogens is 214 g/mol. The molecule has 0 amide bonds. The predicted molar refractivity (Wildman–Crippen MR) is 60.9 cm³/mol. The molecule has 0 aliphatic heterocycles. The Morgan fingerprint density at radius 3 is 2.73 bits per heavy atom. The van der Waals surface area contributed by atoms with E-state index >= 15 is 0 Å². The summed E-state index contributed by atoms with van der Waals surface area (Å²) >= 11 is 4.89. The second-order valence-corrected chi connectivity index (χ2v) is 3.04. The van der Waals surface area contributed by atoms with E-state index < -0.39 is 5.97 Å². The molecule has 1 heterocycles. The number of hydrogen-bond acceptors (Lipinski definition) is 4. The van der Waals surface area contributed by atoms with E-state index in [0.29, 0.717) is 16.5 Å². The van der Waals surface area contributed by atoms with E-state index in [1.807, 2.05) is 0 Å². The minimum atomic E-state index is -0.412. The van der Waals surface area contributed by atoms with Crippen molar-refractivity contribution in [3.8, 4) is 0 Å². The van der Waals surface area contributed by atoms with Crippen LogP contribution in [0.25, 0.3) is 0 Å². The van der Waals surface area contributed by atoms with E-state index in [-0.39, 0.29) is 0 Å². The lowest BCUT2D eigenvalue weighted by Gasteiger charge is -2.06. The number of nitrogens with one attached hydrogen (secondary N) is 2. The fourth-order valence-corrected chi connectivity index (χ4v) is 0.990. The van der Waals surface area contributed by atoms with Crippen LogP contribution in [-0.4, -0.2) is 30.2 Å². The van der Waals surface area contributed by atoms with Gasteiger partial charge < -0.3 is 15.4 Å². The van der Waals surface area contributed by atoms with E-state index in [2.05, 4.69) is 20.4 Å². The number of thiocarbonyl (C=S) groups is 1. The van der Waals surface area contributed by atoms with Crippen LogP contribution in [0.3, 0.4) is 0 Å². The molecule has 0 fully saturated rings. The third-order valence-corrected chi connectivity index (χ3v) is 1.96. The van der Waals surface area contributed by atoms with Gasteiger partial charge >= 0.3 is 5.97 Å². The molecule has 6 heteroatoms. The Kier molecular flexibility index (Phi) is 3.99. The summed E-state index contributed by atoms with van der Waals surface area (Å²) in [7, 11) is 3.03. The number of carbonyl (C=O) groups is 1. The first-order valence-electron chi connectivity index (χ1n) is 4.20. The Hall–Kier alpha value is -1.69. The van der Waals surface area contributed by atoms with Crippen LogP contribution < -0.4 is 10.6 Å². The maximum atomic E-state index is 11.1. The molecule has 0 unspecified atom stereocenters. The van der Waals surface area contributed by atoms with Crippen molar-refractivity contribution in [1.29, 1.82) is 0 Å². The molecule has 0 saturated carbocycles. The number of methoxy groups -OCH3 is 1. The number of anilines is 1. The number of hydrogen-bond donors (Lipinski definition) is 2. The lowest BCUT2D eigenvalue weighted by atomic mass is 10.3. The van der Waals surface area contributed by atoms with Gasteiger partial charge in [0.25, 0.3) is 0 Å². The molecule has 0 bridgehead atoms. The second kappa shape index (κ2) is 5.26. The van der Waals surface area contributed by atoms with Crippen molar-refractivity contribution >= 4 is 29.1 Å². The molecule has 0 aliphatic carbocycles. The zero-order chi connectivity index (χ0) is 11.3. The summed E-state index contributed by atoms with van der Waals surface area (Å²) in [5.41, 5.74) is 0.401. The summed E-state index contributed by atoms with van der Waals surface area (Å²) in [6.07, 6.45) is 1.42. The van der Waals surface area contributed by atoms with E-state index in [4.69, 9.17) is 12.2 Å². The monoisotopic (exact) mass is 225 g/mol. The lowest BCUT2D eigenvalue weighted by Crippen LogP contribution is -2.24. The number of nitrogens with zero attached hydrogens (tertiary/aromatic N) is 1. The van der Waals surface area contributed by atoms with Gasteiger partial charge in [-0.05, 0) is 24.4 Å². The maximum Gasteiger partial charge on any atom is 0.339 e. The van der Waals surface area contributed by atoms with Gasteiger partial charge in [0, 0.05) is 13.2 Å². The molecule has 0 aromatic carbocycles. The summed E-state index contributed by atoms with van der Waals surface area (Å²) in [6, 6.07) is 3.26. The zero-order valence-corrected chi connectivity index (χ0v) is 9.22. The van der Waals surface area contributed by atoms with Gasteiger partial charge in [0.05, 0.1) is 12.7 Å². The molecule has 0 aliphatic rings. The first kappa shape index (κ1) is 11.4. The van der Waals surface area contributed by atoms with Crippen molar-refractivity contribution in [1.82, 2.24) is 10.3 Å². The highest BCUT2D eigenvalue weighted by atomic mass is 32.1. The molecule has 5 nitrogen and oxygen atoms in total. The second-order valence-electron chi connectivity index (χ2n) is 2.63. The fraction of sp³-hybridized carbons (Fsp3) is 0.222. The van der Waals surface area contributed by atoms with Crippen molar-refractivity contribution in [3.05, 3.63) is 23.9 Å². The molecule has 0 saturated heterocycles. The highest BCUT2D eigenvalue weighted by Gasteiger charge is 2.05. The Labute approximate surface area is 92.8 Å². The van der Waals surface area contributed by atoms with Crippen molar-refractivity contribution in [3.63, 3.8) is 0 Å². The third kappa shape index (κ3) is 3.17. The van der Waals surface area contributed by atoms with Gasteiger partial charge in [-0.2, -0.15) is 0 Å². The SMILES string of the molecule is CNC(=S)Nc1ccc(C(=O)OC)cn1. The summed E-state index contributed by atoms with van der Waals surface area (Å²) in [6.45, 7) is 0. The van der Waals surface area contributed by atoms with Crippen molar-refractivity contribution in [2.75, 3.05) is 19.5 Å². The first-order valence-corrected chi connectivity index (χ1v) is 4.61. The molecule has 80 valence electrons. The smallest absolute Gasteiger partial charge is 0.339 e. The summed E-state index contributed by atoms with van der Waals surface area (Å²) in [5, 5.41) is 6.05. The number of carbonyl (C=O) groups excluding carboxylic acids is 1. The van der Waals surface area contributed by atoms with Crippen molar-refractivity contribution in [2.24, 2.45) is 0 Å². The van der Waals surface area contributed by atoms with Gasteiger partial charge in [0.1, 0.15) is 5.82 Å². The minimum Gasteiger partial charge on any atom is -0.465 e. The quantitative estimate of drug-likeness (QED) is 0.573. The Morgan fingerprint density at radius 1 is 1.53 bits per heavy atom. The molecule has 0 spiro atoms. The van der Waals surface area contributed by atoms with E-state index in [9.17, 15) is 4.79 Å². The van der Waals surface area contributed by atoms with Gasteiger partial charge in [0.15, 0.2) is 5.11 Å². The molecular formula is C9H11N3O2S. The number of ether oxygens (including phenoxy) is 1. The number of rotatable bonds is 2. The average Bonchev–Trinajstić information content (AvgIpc) is 2.29. The Balaban J connectivity index is 2.72. The van der Waals surface area contributed by atoms with Crippen LogP contribution >= 0.6 is 12.2 Å². The van der Waals surface area contributed by atoms with Gasteiger partial charge in [-0.1, -0.05) is 0 Å². The van der Waals surface area contributed by atoms with Crippen LogP contribution in [-0.2, 0) is 4.74 Å². The lowest BCUT2D eigenvalue weighted by molar-refractivity contribution is 0.0600. The third-order valence-electron chi connectivity index (χ3n) is 1.65. The predicted octanol–water partition coefficient (Wildman–Crippen LogP) is 0.784. The van der Waals surface area contributed by atoms with E-state index in [0.717, 1.165) is 0 Å². The Bertz CT molecular complexity index is 364. The summed E-state index contributed by atoms with van der Waals surface area (Å²) in [5.74, 6) is 0.159. The van der Waals surface area contributed by atoms with Crippen LogP contribution in [0.2, 0.25) is 0 Å². The van der Waals surface area contributed by atoms with Crippen LogP contribution in [0.4, 0.5) is 5.82 Å². The fourth-order valence-electron chi connectivity index (χ4n) is 0.885. The summed E-state index contributed by atoms with van der Waals surface area (Å²) < 4.78 is 4.54. The molecule has 1 aromatic rings. The first-order chi connectivity index (χ1) is 7.17. The van der Waals surface area contributed by atoms with Gasteiger partial charge in [-0.25, -0.2) is 9.78 Å². The highest BCUT2D eigenvalue weighted by Crippen LogP contribution is 2.05.